The second-order valence-electron chi connectivity index (χ2n) is 6.24. The number of aryl methyl sites for hydroxylation is 1. The highest BCUT2D eigenvalue weighted by Gasteiger charge is 2.25. The quantitative estimate of drug-likeness (QED) is 0.863. The van der Waals surface area contributed by atoms with E-state index in [1.807, 2.05) is 36.4 Å². The Labute approximate surface area is 146 Å². The first-order valence-corrected chi connectivity index (χ1v) is 8.50. The molecule has 6 heteroatoms. The molecule has 0 bridgehead atoms. The third-order valence-electron chi connectivity index (χ3n) is 4.62. The van der Waals surface area contributed by atoms with Crippen molar-refractivity contribution in [3.63, 3.8) is 0 Å². The van der Waals surface area contributed by atoms with Crippen molar-refractivity contribution in [1.29, 1.82) is 0 Å². The molecule has 0 aliphatic carbocycles. The van der Waals surface area contributed by atoms with Gasteiger partial charge in [-0.05, 0) is 42.2 Å². The number of hydrogen-bond acceptors (Lipinski definition) is 4. The van der Waals surface area contributed by atoms with E-state index in [2.05, 4.69) is 4.98 Å². The first kappa shape index (κ1) is 15.6. The molecule has 1 aromatic heterocycles. The summed E-state index contributed by atoms with van der Waals surface area (Å²) in [5.41, 5.74) is 2.85. The topological polar surface area (TPSA) is 62.7 Å². The lowest BCUT2D eigenvalue weighted by Crippen LogP contribution is -2.37. The summed E-state index contributed by atoms with van der Waals surface area (Å²) in [7, 11) is 0. The van der Waals surface area contributed by atoms with Gasteiger partial charge in [0.05, 0.1) is 13.0 Å². The minimum atomic E-state index is -0.320. The van der Waals surface area contributed by atoms with E-state index in [1.165, 1.54) is 0 Å². The maximum absolute atomic E-state index is 12.7. The van der Waals surface area contributed by atoms with E-state index in [1.54, 1.807) is 16.0 Å². The SMILES string of the molecule is O=C1OCCN1c1ccc(CC(=O)N2CCCc3cccnc32)cc1. The van der Waals surface area contributed by atoms with Crippen LogP contribution in [0.2, 0.25) is 0 Å². The fourth-order valence-corrected chi connectivity index (χ4v) is 3.34. The van der Waals surface area contributed by atoms with Gasteiger partial charge in [-0.25, -0.2) is 9.78 Å². The molecule has 2 amide bonds. The summed E-state index contributed by atoms with van der Waals surface area (Å²) in [5, 5.41) is 0. The number of carbonyl (C=O) groups excluding carboxylic acids is 2. The molecule has 1 saturated heterocycles. The van der Waals surface area contributed by atoms with Crippen LogP contribution in [0.4, 0.5) is 16.3 Å². The number of pyridine rings is 1. The molecular weight excluding hydrogens is 318 g/mol. The van der Waals surface area contributed by atoms with Crippen molar-refractivity contribution >= 4 is 23.5 Å². The van der Waals surface area contributed by atoms with Crippen molar-refractivity contribution in [1.82, 2.24) is 4.98 Å². The molecule has 4 rings (SSSR count). The van der Waals surface area contributed by atoms with Crippen LogP contribution in [-0.2, 0) is 22.4 Å². The largest absolute Gasteiger partial charge is 0.447 e. The Morgan fingerprint density at radius 2 is 2.00 bits per heavy atom. The number of nitrogens with zero attached hydrogens (tertiary/aromatic N) is 3. The molecule has 2 aliphatic heterocycles. The van der Waals surface area contributed by atoms with E-state index in [4.69, 9.17) is 4.74 Å². The monoisotopic (exact) mass is 337 g/mol. The number of carbonyl (C=O) groups is 2. The molecule has 2 aliphatic rings. The van der Waals surface area contributed by atoms with Crippen LogP contribution < -0.4 is 9.80 Å². The first-order valence-electron chi connectivity index (χ1n) is 8.50. The number of cyclic esters (lactones) is 1. The summed E-state index contributed by atoms with van der Waals surface area (Å²) in [6.45, 7) is 1.69. The second-order valence-corrected chi connectivity index (χ2v) is 6.24. The number of fused-ring (bicyclic) bond motifs is 1. The summed E-state index contributed by atoms with van der Waals surface area (Å²) in [6.07, 6.45) is 3.66. The first-order chi connectivity index (χ1) is 12.2. The van der Waals surface area contributed by atoms with Gasteiger partial charge in [0.15, 0.2) is 0 Å². The number of aromatic nitrogens is 1. The highest BCUT2D eigenvalue weighted by atomic mass is 16.6. The fraction of sp³-hybridized carbons (Fsp3) is 0.316. The molecule has 25 heavy (non-hydrogen) atoms. The van der Waals surface area contributed by atoms with E-state index in [0.717, 1.165) is 35.5 Å². The molecule has 0 N–H and O–H groups in total. The predicted molar refractivity (Wildman–Crippen MR) is 93.8 cm³/mol. The lowest BCUT2D eigenvalue weighted by atomic mass is 10.0. The smallest absolute Gasteiger partial charge is 0.414 e. The predicted octanol–water partition coefficient (Wildman–Crippen LogP) is 2.56. The molecule has 0 saturated carbocycles. The third kappa shape index (κ3) is 3.07. The van der Waals surface area contributed by atoms with E-state index in [-0.39, 0.29) is 12.0 Å². The Bertz CT molecular complexity index is 804. The Morgan fingerprint density at radius 1 is 1.16 bits per heavy atom. The van der Waals surface area contributed by atoms with Crippen LogP contribution in [0.1, 0.15) is 17.5 Å². The number of hydrogen-bond donors (Lipinski definition) is 0. The van der Waals surface area contributed by atoms with Crippen molar-refractivity contribution in [2.75, 3.05) is 29.5 Å². The maximum atomic E-state index is 12.7. The number of rotatable bonds is 3. The maximum Gasteiger partial charge on any atom is 0.414 e. The van der Waals surface area contributed by atoms with Gasteiger partial charge in [0, 0.05) is 18.4 Å². The average molecular weight is 337 g/mol. The normalized spacial score (nSPS) is 16.6. The zero-order chi connectivity index (χ0) is 17.2. The molecular formula is C19H19N3O3. The highest BCUT2D eigenvalue weighted by molar-refractivity contribution is 5.95. The molecule has 2 aromatic rings. The van der Waals surface area contributed by atoms with E-state index in [0.29, 0.717) is 26.1 Å². The van der Waals surface area contributed by atoms with Crippen LogP contribution in [0.15, 0.2) is 42.6 Å². The summed E-state index contributed by atoms with van der Waals surface area (Å²) >= 11 is 0. The van der Waals surface area contributed by atoms with Crippen molar-refractivity contribution in [2.45, 2.75) is 19.3 Å². The Balaban J connectivity index is 1.47. The number of benzene rings is 1. The van der Waals surface area contributed by atoms with Crippen LogP contribution >= 0.6 is 0 Å². The number of ether oxygens (including phenoxy) is 1. The lowest BCUT2D eigenvalue weighted by molar-refractivity contribution is -0.118. The van der Waals surface area contributed by atoms with Gasteiger partial charge in [0.2, 0.25) is 5.91 Å². The van der Waals surface area contributed by atoms with Gasteiger partial charge in [0.25, 0.3) is 0 Å². The summed E-state index contributed by atoms with van der Waals surface area (Å²) < 4.78 is 4.95. The highest BCUT2D eigenvalue weighted by Crippen LogP contribution is 2.25. The molecule has 6 nitrogen and oxygen atoms in total. The number of amides is 2. The molecule has 3 heterocycles. The van der Waals surface area contributed by atoms with Gasteiger partial charge in [-0.2, -0.15) is 0 Å². The Hall–Kier alpha value is -2.89. The van der Waals surface area contributed by atoms with Gasteiger partial charge in [-0.3, -0.25) is 14.6 Å². The van der Waals surface area contributed by atoms with Crippen LogP contribution in [0.3, 0.4) is 0 Å². The summed E-state index contributed by atoms with van der Waals surface area (Å²) in [4.78, 5) is 32.1. The molecule has 1 fully saturated rings. The van der Waals surface area contributed by atoms with Crippen LogP contribution in [0, 0.1) is 0 Å². The third-order valence-corrected chi connectivity index (χ3v) is 4.62. The van der Waals surface area contributed by atoms with Crippen molar-refractivity contribution in [2.24, 2.45) is 0 Å². The zero-order valence-electron chi connectivity index (χ0n) is 13.9. The summed E-state index contributed by atoms with van der Waals surface area (Å²) in [5.74, 6) is 0.836. The van der Waals surface area contributed by atoms with Gasteiger partial charge in [-0.1, -0.05) is 18.2 Å². The van der Waals surface area contributed by atoms with Crippen molar-refractivity contribution in [3.8, 4) is 0 Å². The Kier molecular flexibility index (Phi) is 4.09. The molecule has 128 valence electrons. The van der Waals surface area contributed by atoms with Crippen LogP contribution in [-0.4, -0.2) is 36.7 Å². The van der Waals surface area contributed by atoms with Crippen LogP contribution in [0.5, 0.6) is 0 Å². The van der Waals surface area contributed by atoms with E-state index in [9.17, 15) is 9.59 Å². The average Bonchev–Trinajstić information content (AvgIpc) is 3.08. The van der Waals surface area contributed by atoms with Crippen molar-refractivity contribution < 1.29 is 14.3 Å². The fourth-order valence-electron chi connectivity index (χ4n) is 3.34. The molecule has 0 spiro atoms. The molecule has 0 atom stereocenters. The minimum Gasteiger partial charge on any atom is -0.447 e. The number of anilines is 2. The Morgan fingerprint density at radius 3 is 2.76 bits per heavy atom. The van der Waals surface area contributed by atoms with Gasteiger partial charge in [0.1, 0.15) is 12.4 Å². The van der Waals surface area contributed by atoms with Crippen molar-refractivity contribution in [3.05, 3.63) is 53.7 Å². The van der Waals surface area contributed by atoms with E-state index < -0.39 is 0 Å². The molecule has 0 radical (unpaired) electrons. The minimum absolute atomic E-state index is 0.0491. The van der Waals surface area contributed by atoms with E-state index >= 15 is 0 Å². The van der Waals surface area contributed by atoms with Gasteiger partial charge >= 0.3 is 6.09 Å². The molecule has 1 aromatic carbocycles. The van der Waals surface area contributed by atoms with Crippen LogP contribution in [0.25, 0.3) is 0 Å². The van der Waals surface area contributed by atoms with Gasteiger partial charge in [-0.15, -0.1) is 0 Å². The summed E-state index contributed by atoms with van der Waals surface area (Å²) in [6, 6.07) is 11.4. The lowest BCUT2D eigenvalue weighted by Gasteiger charge is -2.28. The molecule has 0 unspecified atom stereocenters. The zero-order valence-corrected chi connectivity index (χ0v) is 13.9. The van der Waals surface area contributed by atoms with Gasteiger partial charge < -0.3 is 4.74 Å². The second kappa shape index (κ2) is 6.55. The standard InChI is InChI=1S/C19H19N3O3/c23-17(22-10-2-4-15-3-1-9-20-18(15)22)13-14-5-7-16(8-6-14)21-11-12-25-19(21)24/h1,3,5-9H,2,4,10-13H2.